The van der Waals surface area contributed by atoms with E-state index in [0.717, 1.165) is 28.4 Å². The highest BCUT2D eigenvalue weighted by atomic mass is 32.1. The molecule has 0 bridgehead atoms. The molecule has 0 fully saturated rings. The largest absolute Gasteiger partial charge is 0.487 e. The van der Waals surface area contributed by atoms with Crippen molar-refractivity contribution in [3.63, 3.8) is 0 Å². The van der Waals surface area contributed by atoms with E-state index in [1.807, 2.05) is 66.9 Å². The molecule has 30 heavy (non-hydrogen) atoms. The summed E-state index contributed by atoms with van der Waals surface area (Å²) in [5, 5.41) is 19.1. The lowest BCUT2D eigenvalue weighted by Crippen LogP contribution is -2.44. The van der Waals surface area contributed by atoms with Crippen LogP contribution in [0.3, 0.4) is 0 Å². The predicted molar refractivity (Wildman–Crippen MR) is 122 cm³/mol. The zero-order chi connectivity index (χ0) is 21.2. The van der Waals surface area contributed by atoms with Crippen molar-refractivity contribution in [1.29, 1.82) is 0 Å². The maximum Gasteiger partial charge on any atom is 0.191 e. The van der Waals surface area contributed by atoms with Crippen LogP contribution in [0.4, 0.5) is 0 Å². The Morgan fingerprint density at radius 2 is 1.97 bits per heavy atom. The lowest BCUT2D eigenvalue weighted by atomic mass is 10.1. The molecule has 3 N–H and O–H groups in total. The molecule has 7 heteroatoms. The van der Waals surface area contributed by atoms with Crippen LogP contribution in [-0.2, 0) is 18.8 Å². The fourth-order valence-corrected chi connectivity index (χ4v) is 3.56. The van der Waals surface area contributed by atoms with Crippen molar-refractivity contribution in [2.45, 2.75) is 32.6 Å². The SMILES string of the molecule is CCNC(=NCc1ccc(OCc2ccccn2)cc1)NCC(C)(O)c1cccs1. The van der Waals surface area contributed by atoms with Crippen LogP contribution >= 0.6 is 11.3 Å². The van der Waals surface area contributed by atoms with E-state index in [1.165, 1.54) is 0 Å². The summed E-state index contributed by atoms with van der Waals surface area (Å²) in [6.45, 7) is 5.91. The summed E-state index contributed by atoms with van der Waals surface area (Å²) in [5.74, 6) is 1.47. The molecule has 0 spiro atoms. The van der Waals surface area contributed by atoms with Gasteiger partial charge in [-0.1, -0.05) is 24.3 Å². The molecule has 3 aromatic rings. The van der Waals surface area contributed by atoms with Gasteiger partial charge in [0, 0.05) is 17.6 Å². The monoisotopic (exact) mass is 424 g/mol. The molecule has 0 saturated heterocycles. The summed E-state index contributed by atoms with van der Waals surface area (Å²) in [5.41, 5.74) is 1.02. The summed E-state index contributed by atoms with van der Waals surface area (Å²) in [7, 11) is 0. The van der Waals surface area contributed by atoms with Gasteiger partial charge >= 0.3 is 0 Å². The number of aliphatic hydroxyl groups is 1. The first-order valence-corrected chi connectivity index (χ1v) is 10.8. The number of thiophene rings is 1. The molecule has 0 amide bonds. The van der Waals surface area contributed by atoms with Crippen molar-refractivity contribution in [3.8, 4) is 5.75 Å². The average Bonchev–Trinajstić information content (AvgIpc) is 3.32. The van der Waals surface area contributed by atoms with Gasteiger partial charge in [-0.3, -0.25) is 4.98 Å². The van der Waals surface area contributed by atoms with Crippen LogP contribution in [0.1, 0.15) is 30.0 Å². The standard InChI is InChI=1S/C23H28N4O2S/c1-3-24-22(27-17-23(2,28)21-8-6-14-30-21)26-15-18-9-11-20(12-10-18)29-16-19-7-4-5-13-25-19/h4-14,28H,3,15-17H2,1-2H3,(H2,24,26,27). The molecule has 0 aliphatic carbocycles. The topological polar surface area (TPSA) is 78.8 Å². The number of ether oxygens (including phenoxy) is 1. The Hall–Kier alpha value is -2.90. The second-order valence-corrected chi connectivity index (χ2v) is 8.00. The molecule has 1 aromatic carbocycles. The van der Waals surface area contributed by atoms with Crippen molar-refractivity contribution in [2.75, 3.05) is 13.1 Å². The van der Waals surface area contributed by atoms with E-state index in [-0.39, 0.29) is 0 Å². The van der Waals surface area contributed by atoms with E-state index in [0.29, 0.717) is 25.7 Å². The average molecular weight is 425 g/mol. The predicted octanol–water partition coefficient (Wildman–Crippen LogP) is 3.68. The van der Waals surface area contributed by atoms with E-state index >= 15 is 0 Å². The van der Waals surface area contributed by atoms with Gasteiger partial charge in [-0.2, -0.15) is 0 Å². The van der Waals surface area contributed by atoms with Gasteiger partial charge in [-0.15, -0.1) is 11.3 Å². The Balaban J connectivity index is 1.53. The Kier molecular flexibility index (Phi) is 7.82. The van der Waals surface area contributed by atoms with E-state index in [1.54, 1.807) is 24.5 Å². The van der Waals surface area contributed by atoms with E-state index in [9.17, 15) is 5.11 Å². The molecule has 6 nitrogen and oxygen atoms in total. The number of nitrogens with one attached hydrogen (secondary N) is 2. The highest BCUT2D eigenvalue weighted by Crippen LogP contribution is 2.24. The van der Waals surface area contributed by atoms with Crippen LogP contribution in [0, 0.1) is 0 Å². The van der Waals surface area contributed by atoms with Crippen LogP contribution < -0.4 is 15.4 Å². The molecule has 0 saturated carbocycles. The van der Waals surface area contributed by atoms with Crippen LogP contribution in [0.5, 0.6) is 5.75 Å². The Morgan fingerprint density at radius 1 is 1.13 bits per heavy atom. The molecule has 0 radical (unpaired) electrons. The third-order valence-electron chi connectivity index (χ3n) is 4.45. The van der Waals surface area contributed by atoms with Crippen LogP contribution in [0.15, 0.2) is 71.2 Å². The Bertz CT molecular complexity index is 910. The minimum atomic E-state index is -0.947. The number of benzene rings is 1. The fraction of sp³-hybridized carbons (Fsp3) is 0.304. The molecule has 1 atom stereocenters. The zero-order valence-electron chi connectivity index (χ0n) is 17.3. The zero-order valence-corrected chi connectivity index (χ0v) is 18.2. The number of rotatable bonds is 9. The van der Waals surface area contributed by atoms with Crippen LogP contribution in [-0.4, -0.2) is 29.1 Å². The molecule has 2 aromatic heterocycles. The van der Waals surface area contributed by atoms with Gasteiger partial charge in [0.1, 0.15) is 18.0 Å². The van der Waals surface area contributed by atoms with E-state index < -0.39 is 5.60 Å². The second kappa shape index (κ2) is 10.8. The number of hydrogen-bond donors (Lipinski definition) is 3. The quantitative estimate of drug-likeness (QED) is 0.361. The second-order valence-electron chi connectivity index (χ2n) is 7.05. The van der Waals surface area contributed by atoms with Gasteiger partial charge < -0.3 is 20.5 Å². The lowest BCUT2D eigenvalue weighted by Gasteiger charge is -2.23. The summed E-state index contributed by atoms with van der Waals surface area (Å²) < 4.78 is 5.77. The highest BCUT2D eigenvalue weighted by Gasteiger charge is 2.24. The summed E-state index contributed by atoms with van der Waals surface area (Å²) >= 11 is 1.54. The molecule has 1 unspecified atom stereocenters. The first kappa shape index (κ1) is 21.8. The van der Waals surface area contributed by atoms with Gasteiger partial charge in [0.15, 0.2) is 5.96 Å². The number of aliphatic imine (C=N–C) groups is 1. The highest BCUT2D eigenvalue weighted by molar-refractivity contribution is 7.10. The van der Waals surface area contributed by atoms with Crippen molar-refractivity contribution < 1.29 is 9.84 Å². The molecule has 158 valence electrons. The van der Waals surface area contributed by atoms with Crippen molar-refractivity contribution >= 4 is 17.3 Å². The maximum atomic E-state index is 10.7. The first-order valence-electron chi connectivity index (χ1n) is 9.97. The minimum Gasteiger partial charge on any atom is -0.487 e. The van der Waals surface area contributed by atoms with Crippen molar-refractivity contribution in [1.82, 2.24) is 15.6 Å². The van der Waals surface area contributed by atoms with Gasteiger partial charge in [-0.05, 0) is 55.1 Å². The molecular formula is C23H28N4O2S. The lowest BCUT2D eigenvalue weighted by molar-refractivity contribution is 0.0655. The number of guanidine groups is 1. The summed E-state index contributed by atoms with van der Waals surface area (Å²) in [6.07, 6.45) is 1.76. The van der Waals surface area contributed by atoms with E-state index in [2.05, 4.69) is 20.6 Å². The maximum absolute atomic E-state index is 10.7. The first-order chi connectivity index (χ1) is 14.6. The fourth-order valence-electron chi connectivity index (χ4n) is 2.77. The third-order valence-corrected chi connectivity index (χ3v) is 5.58. The van der Waals surface area contributed by atoms with Gasteiger partial charge in [0.05, 0.1) is 18.8 Å². The van der Waals surface area contributed by atoms with Crippen LogP contribution in [0.25, 0.3) is 0 Å². The van der Waals surface area contributed by atoms with E-state index in [4.69, 9.17) is 4.74 Å². The summed E-state index contributed by atoms with van der Waals surface area (Å²) in [6, 6.07) is 17.5. The molecule has 0 aliphatic rings. The smallest absolute Gasteiger partial charge is 0.191 e. The van der Waals surface area contributed by atoms with Crippen LogP contribution in [0.2, 0.25) is 0 Å². The van der Waals surface area contributed by atoms with Gasteiger partial charge in [0.25, 0.3) is 0 Å². The minimum absolute atomic E-state index is 0.375. The van der Waals surface area contributed by atoms with Gasteiger partial charge in [0.2, 0.25) is 0 Å². The molecule has 3 rings (SSSR count). The molecule has 2 heterocycles. The number of nitrogens with zero attached hydrogens (tertiary/aromatic N) is 2. The van der Waals surface area contributed by atoms with Crippen molar-refractivity contribution in [3.05, 3.63) is 82.3 Å². The number of hydrogen-bond acceptors (Lipinski definition) is 5. The van der Waals surface area contributed by atoms with Gasteiger partial charge in [-0.25, -0.2) is 4.99 Å². The number of aromatic nitrogens is 1. The Labute approximate surface area is 181 Å². The normalized spacial score (nSPS) is 13.5. The summed E-state index contributed by atoms with van der Waals surface area (Å²) in [4.78, 5) is 9.81. The molecular weight excluding hydrogens is 396 g/mol. The Morgan fingerprint density at radius 3 is 2.63 bits per heavy atom. The number of pyridine rings is 1. The van der Waals surface area contributed by atoms with Crippen molar-refractivity contribution in [2.24, 2.45) is 4.99 Å². The third kappa shape index (κ3) is 6.57. The molecule has 0 aliphatic heterocycles.